The monoisotopic (exact) mass is 374 g/mol. The molecule has 1 fully saturated rings. The maximum atomic E-state index is 12.4. The average Bonchev–Trinajstić information content (AvgIpc) is 3.11. The molecule has 0 aliphatic carbocycles. The molecule has 0 aromatic rings. The largest absolute Gasteiger partial charge is 0.458 e. The molecule has 6 nitrogen and oxygen atoms in total. The van der Waals surface area contributed by atoms with Gasteiger partial charge in [0, 0.05) is 24.7 Å². The minimum absolute atomic E-state index is 0.303. The standard InChI is InChI=1S/C21H26O6/c1-7-12(3)19(22)25-15-8-11(2)9-21(24-6)10-13(4)17(27-21)18-16(15)14(5)20(23)26-18/h7,9-10,15-18H,5,8H2,1-4,6H3. The van der Waals surface area contributed by atoms with Crippen LogP contribution in [0.3, 0.4) is 0 Å². The van der Waals surface area contributed by atoms with Crippen LogP contribution in [0.4, 0.5) is 0 Å². The van der Waals surface area contributed by atoms with Crippen LogP contribution in [0.1, 0.15) is 34.1 Å². The second kappa shape index (κ2) is 7.09. The van der Waals surface area contributed by atoms with Crippen LogP contribution in [-0.2, 0) is 28.5 Å². The Hall–Kier alpha value is -2.18. The van der Waals surface area contributed by atoms with Crippen molar-refractivity contribution in [2.75, 3.05) is 7.11 Å². The number of rotatable bonds is 3. The number of fused-ring (bicyclic) bond motifs is 4. The summed E-state index contributed by atoms with van der Waals surface area (Å²) >= 11 is 0. The Kier molecular flexibility index (Phi) is 5.14. The van der Waals surface area contributed by atoms with E-state index in [4.69, 9.17) is 18.9 Å². The normalized spacial score (nSPS) is 36.1. The summed E-state index contributed by atoms with van der Waals surface area (Å²) in [5.74, 6) is -2.41. The van der Waals surface area contributed by atoms with Gasteiger partial charge in [-0.2, -0.15) is 0 Å². The van der Waals surface area contributed by atoms with Crippen molar-refractivity contribution in [3.8, 4) is 0 Å². The van der Waals surface area contributed by atoms with E-state index in [1.807, 2.05) is 26.0 Å². The molecule has 5 atom stereocenters. The number of allylic oxidation sites excluding steroid dienone is 1. The van der Waals surface area contributed by atoms with Gasteiger partial charge in [0.1, 0.15) is 18.3 Å². The highest BCUT2D eigenvalue weighted by molar-refractivity contribution is 5.91. The molecule has 0 aromatic heterocycles. The van der Waals surface area contributed by atoms with Crippen molar-refractivity contribution in [3.05, 3.63) is 47.1 Å². The first-order valence-corrected chi connectivity index (χ1v) is 9.05. The fraction of sp³-hybridized carbons (Fsp3) is 0.524. The van der Waals surface area contributed by atoms with Crippen LogP contribution in [0.5, 0.6) is 0 Å². The van der Waals surface area contributed by atoms with E-state index in [0.717, 1.165) is 11.1 Å². The molecule has 146 valence electrons. The quantitative estimate of drug-likeness (QED) is 0.430. The Bertz CT molecular complexity index is 774. The SMILES string of the molecule is C=C1C(=O)OC2C3OC(OC)(C=C(C)CC(OC(=O)C(C)=CC)C12)C=C3C. The van der Waals surface area contributed by atoms with Gasteiger partial charge >= 0.3 is 11.9 Å². The van der Waals surface area contributed by atoms with Crippen LogP contribution in [0.15, 0.2) is 47.1 Å². The smallest absolute Gasteiger partial charge is 0.334 e. The van der Waals surface area contributed by atoms with Gasteiger partial charge in [0.05, 0.1) is 5.92 Å². The Labute approximate surface area is 159 Å². The Morgan fingerprint density at radius 3 is 2.70 bits per heavy atom. The van der Waals surface area contributed by atoms with E-state index in [-0.39, 0.29) is 0 Å². The highest BCUT2D eigenvalue weighted by Crippen LogP contribution is 2.44. The number of methoxy groups -OCH3 is 1. The second-order valence-electron chi connectivity index (χ2n) is 7.38. The van der Waals surface area contributed by atoms with Crippen LogP contribution < -0.4 is 0 Å². The summed E-state index contributed by atoms with van der Waals surface area (Å²) in [6, 6.07) is 0. The Balaban J connectivity index is 2.05. The first-order valence-electron chi connectivity index (χ1n) is 9.05. The van der Waals surface area contributed by atoms with Crippen LogP contribution in [0.25, 0.3) is 0 Å². The van der Waals surface area contributed by atoms with Crippen molar-refractivity contribution in [1.29, 1.82) is 0 Å². The van der Waals surface area contributed by atoms with E-state index in [2.05, 4.69) is 6.58 Å². The lowest BCUT2D eigenvalue weighted by Gasteiger charge is -2.30. The third-order valence-electron chi connectivity index (χ3n) is 5.45. The summed E-state index contributed by atoms with van der Waals surface area (Å²) in [7, 11) is 1.57. The van der Waals surface area contributed by atoms with Gasteiger partial charge in [-0.1, -0.05) is 18.2 Å². The van der Waals surface area contributed by atoms with E-state index < -0.39 is 42.0 Å². The fourth-order valence-electron chi connectivity index (χ4n) is 3.90. The molecule has 27 heavy (non-hydrogen) atoms. The molecule has 0 amide bonds. The van der Waals surface area contributed by atoms with Gasteiger partial charge in [0.25, 0.3) is 0 Å². The minimum Gasteiger partial charge on any atom is -0.458 e. The lowest BCUT2D eigenvalue weighted by atomic mass is 9.83. The molecule has 1 saturated heterocycles. The molecule has 3 rings (SSSR count). The van der Waals surface area contributed by atoms with Crippen molar-refractivity contribution < 1.29 is 28.5 Å². The zero-order valence-corrected chi connectivity index (χ0v) is 16.4. The van der Waals surface area contributed by atoms with Crippen LogP contribution in [0, 0.1) is 5.92 Å². The lowest BCUT2D eigenvalue weighted by molar-refractivity contribution is -0.189. The van der Waals surface area contributed by atoms with Gasteiger partial charge in [-0.05, 0) is 45.4 Å². The Morgan fingerprint density at radius 1 is 1.37 bits per heavy atom. The second-order valence-corrected chi connectivity index (χ2v) is 7.38. The maximum absolute atomic E-state index is 12.4. The molecule has 0 aromatic carbocycles. The minimum atomic E-state index is -1.02. The zero-order chi connectivity index (χ0) is 19.9. The van der Waals surface area contributed by atoms with Crippen molar-refractivity contribution in [3.63, 3.8) is 0 Å². The summed E-state index contributed by atoms with van der Waals surface area (Å²) in [4.78, 5) is 24.7. The van der Waals surface area contributed by atoms with Gasteiger partial charge in [0.15, 0.2) is 0 Å². The van der Waals surface area contributed by atoms with Crippen LogP contribution >= 0.6 is 0 Å². The number of carbonyl (C=O) groups is 2. The molecule has 0 saturated carbocycles. The van der Waals surface area contributed by atoms with Gasteiger partial charge in [-0.3, -0.25) is 0 Å². The first-order chi connectivity index (χ1) is 12.7. The summed E-state index contributed by atoms with van der Waals surface area (Å²) < 4.78 is 23.2. The van der Waals surface area contributed by atoms with Gasteiger partial charge < -0.3 is 18.9 Å². The fourth-order valence-corrected chi connectivity index (χ4v) is 3.90. The van der Waals surface area contributed by atoms with Crippen LogP contribution in [0.2, 0.25) is 0 Å². The molecular formula is C21H26O6. The van der Waals surface area contributed by atoms with Crippen LogP contribution in [-0.4, -0.2) is 43.1 Å². The third-order valence-corrected chi connectivity index (χ3v) is 5.45. The van der Waals surface area contributed by atoms with Gasteiger partial charge in [-0.15, -0.1) is 0 Å². The maximum Gasteiger partial charge on any atom is 0.334 e. The zero-order valence-electron chi connectivity index (χ0n) is 16.4. The lowest BCUT2D eigenvalue weighted by Crippen LogP contribution is -2.41. The molecule has 0 spiro atoms. The van der Waals surface area contributed by atoms with Crippen molar-refractivity contribution in [1.82, 2.24) is 0 Å². The Morgan fingerprint density at radius 2 is 2.07 bits per heavy atom. The van der Waals surface area contributed by atoms with E-state index in [1.165, 1.54) is 0 Å². The first kappa shape index (κ1) is 19.6. The van der Waals surface area contributed by atoms with Crippen molar-refractivity contribution in [2.45, 2.75) is 58.2 Å². The summed E-state index contributed by atoms with van der Waals surface area (Å²) in [6.07, 6.45) is 4.19. The number of ether oxygens (including phenoxy) is 4. The molecule has 6 heteroatoms. The third kappa shape index (κ3) is 3.39. The molecule has 3 aliphatic heterocycles. The predicted molar refractivity (Wildman–Crippen MR) is 98.6 cm³/mol. The molecular weight excluding hydrogens is 348 g/mol. The van der Waals surface area contributed by atoms with E-state index in [9.17, 15) is 9.59 Å². The average molecular weight is 374 g/mol. The van der Waals surface area contributed by atoms with Crippen molar-refractivity contribution in [2.24, 2.45) is 5.92 Å². The molecule has 0 N–H and O–H groups in total. The molecule has 5 unspecified atom stereocenters. The summed E-state index contributed by atoms with van der Waals surface area (Å²) in [5, 5.41) is 0. The summed E-state index contributed by atoms with van der Waals surface area (Å²) in [6.45, 7) is 11.2. The number of esters is 2. The predicted octanol–water partition coefficient (Wildman–Crippen LogP) is 3.00. The van der Waals surface area contributed by atoms with E-state index in [1.54, 1.807) is 27.0 Å². The highest BCUT2D eigenvalue weighted by atomic mass is 16.7. The highest BCUT2D eigenvalue weighted by Gasteiger charge is 2.54. The van der Waals surface area contributed by atoms with Crippen molar-refractivity contribution >= 4 is 11.9 Å². The molecule has 3 heterocycles. The molecule has 3 aliphatic rings. The van der Waals surface area contributed by atoms with Gasteiger partial charge in [0.2, 0.25) is 5.79 Å². The van der Waals surface area contributed by atoms with E-state index >= 15 is 0 Å². The number of hydrogen-bond acceptors (Lipinski definition) is 6. The van der Waals surface area contributed by atoms with Gasteiger partial charge in [-0.25, -0.2) is 9.59 Å². The number of carbonyl (C=O) groups excluding carboxylic acids is 2. The topological polar surface area (TPSA) is 71.1 Å². The molecule has 0 radical (unpaired) electrons. The molecule has 2 bridgehead atoms. The summed E-state index contributed by atoms with van der Waals surface area (Å²) in [5.41, 5.74) is 2.63. The number of hydrogen-bond donors (Lipinski definition) is 0. The van der Waals surface area contributed by atoms with E-state index in [0.29, 0.717) is 17.6 Å².